The molecule has 2 heterocycles. The molecule has 0 saturated carbocycles. The van der Waals surface area contributed by atoms with E-state index in [1.54, 1.807) is 29.2 Å². The van der Waals surface area contributed by atoms with Gasteiger partial charge in [0.2, 0.25) is 5.91 Å². The van der Waals surface area contributed by atoms with Gasteiger partial charge in [-0.3, -0.25) is 30.0 Å². The van der Waals surface area contributed by atoms with E-state index in [0.717, 1.165) is 11.1 Å². The highest BCUT2D eigenvalue weighted by molar-refractivity contribution is 6.05. The Bertz CT molecular complexity index is 1280. The van der Waals surface area contributed by atoms with Gasteiger partial charge in [-0.1, -0.05) is 56.3 Å². The zero-order valence-corrected chi connectivity index (χ0v) is 18.4. The highest BCUT2D eigenvalue weighted by atomic mass is 16.2. The number of amides is 3. The predicted octanol–water partition coefficient (Wildman–Crippen LogP) is 1.68. The number of nitrogens with zero attached hydrogens (tertiary/aromatic N) is 2. The Labute approximate surface area is 190 Å². The van der Waals surface area contributed by atoms with Crippen molar-refractivity contribution in [3.8, 4) is 0 Å². The third-order valence-electron chi connectivity index (χ3n) is 5.66. The molecule has 9 heteroatoms. The van der Waals surface area contributed by atoms with E-state index >= 15 is 0 Å². The Morgan fingerprint density at radius 2 is 1.70 bits per heavy atom. The van der Waals surface area contributed by atoms with Gasteiger partial charge in [-0.05, 0) is 23.1 Å². The summed E-state index contributed by atoms with van der Waals surface area (Å²) in [6.07, 6.45) is 0.674. The van der Waals surface area contributed by atoms with Gasteiger partial charge in [0.05, 0.1) is 5.39 Å². The first kappa shape index (κ1) is 22.2. The van der Waals surface area contributed by atoms with Gasteiger partial charge in [-0.2, -0.15) is 5.10 Å². The number of aromatic amines is 1. The molecular weight excluding hydrogens is 422 g/mol. The summed E-state index contributed by atoms with van der Waals surface area (Å²) in [7, 11) is 0. The molecule has 0 aliphatic carbocycles. The lowest BCUT2D eigenvalue weighted by atomic mass is 9.92. The van der Waals surface area contributed by atoms with E-state index in [1.807, 2.05) is 38.1 Å². The lowest BCUT2D eigenvalue weighted by Crippen LogP contribution is -2.56. The van der Waals surface area contributed by atoms with Crippen LogP contribution in [0.2, 0.25) is 0 Å². The standard InChI is InChI=1S/C24H25N5O4/c1-14(2)11-20(30)29-13-16-8-4-3-7-15(16)12-19(29)23(32)27-28-24(33)21-17-9-5-6-10-18(17)22(31)26-25-21/h3-10,14,19H,11-13H2,1-2H3,(H,26,31)(H,27,32)(H,28,33). The zero-order chi connectivity index (χ0) is 23.5. The summed E-state index contributed by atoms with van der Waals surface area (Å²) in [5.74, 6) is -1.13. The summed E-state index contributed by atoms with van der Waals surface area (Å²) in [6.45, 7) is 4.24. The number of aromatic nitrogens is 2. The molecule has 0 bridgehead atoms. The zero-order valence-electron chi connectivity index (χ0n) is 18.4. The van der Waals surface area contributed by atoms with Crippen molar-refractivity contribution in [2.45, 2.75) is 39.3 Å². The predicted molar refractivity (Wildman–Crippen MR) is 122 cm³/mol. The molecule has 2 aromatic carbocycles. The molecule has 1 unspecified atom stereocenters. The van der Waals surface area contributed by atoms with E-state index in [0.29, 0.717) is 30.2 Å². The maximum atomic E-state index is 13.1. The monoisotopic (exact) mass is 447 g/mol. The van der Waals surface area contributed by atoms with Crippen molar-refractivity contribution in [2.24, 2.45) is 5.92 Å². The second-order valence-electron chi connectivity index (χ2n) is 8.50. The molecule has 3 N–H and O–H groups in total. The van der Waals surface area contributed by atoms with E-state index in [1.165, 1.54) is 0 Å². The SMILES string of the molecule is CC(C)CC(=O)N1Cc2ccccc2CC1C(=O)NNC(=O)c1n[nH]c(=O)c2ccccc12. The lowest BCUT2D eigenvalue weighted by molar-refractivity contribution is -0.142. The summed E-state index contributed by atoms with van der Waals surface area (Å²) >= 11 is 0. The topological polar surface area (TPSA) is 124 Å². The first-order chi connectivity index (χ1) is 15.8. The molecule has 0 radical (unpaired) electrons. The third-order valence-corrected chi connectivity index (χ3v) is 5.66. The molecule has 0 saturated heterocycles. The molecule has 9 nitrogen and oxygen atoms in total. The molecule has 4 rings (SSSR count). The summed E-state index contributed by atoms with van der Waals surface area (Å²) in [4.78, 5) is 52.2. The van der Waals surface area contributed by atoms with Crippen molar-refractivity contribution < 1.29 is 14.4 Å². The maximum Gasteiger partial charge on any atom is 0.290 e. The molecule has 1 aliphatic heterocycles. The van der Waals surface area contributed by atoms with Crippen LogP contribution < -0.4 is 16.4 Å². The van der Waals surface area contributed by atoms with Gasteiger partial charge in [0, 0.05) is 24.8 Å². The van der Waals surface area contributed by atoms with Crippen LogP contribution in [0.1, 0.15) is 41.9 Å². The number of benzene rings is 2. The largest absolute Gasteiger partial charge is 0.326 e. The van der Waals surface area contributed by atoms with Crippen molar-refractivity contribution in [1.29, 1.82) is 0 Å². The van der Waals surface area contributed by atoms with Gasteiger partial charge < -0.3 is 4.90 Å². The Balaban J connectivity index is 1.53. The minimum atomic E-state index is -0.758. The number of carbonyl (C=O) groups excluding carboxylic acids is 3. The summed E-state index contributed by atoms with van der Waals surface area (Å²) < 4.78 is 0. The Hall–Kier alpha value is -4.01. The molecule has 0 fully saturated rings. The van der Waals surface area contributed by atoms with Gasteiger partial charge in [-0.15, -0.1) is 0 Å². The van der Waals surface area contributed by atoms with E-state index in [4.69, 9.17) is 0 Å². The molecular formula is C24H25N5O4. The number of H-pyrrole nitrogens is 1. The molecule has 170 valence electrons. The number of hydrogen-bond donors (Lipinski definition) is 3. The van der Waals surface area contributed by atoms with Crippen LogP contribution in [0.15, 0.2) is 53.3 Å². The van der Waals surface area contributed by atoms with Crippen molar-refractivity contribution >= 4 is 28.5 Å². The number of hydrazine groups is 1. The molecule has 3 aromatic rings. The fraction of sp³-hybridized carbons (Fsp3) is 0.292. The van der Waals surface area contributed by atoms with Crippen LogP contribution >= 0.6 is 0 Å². The maximum absolute atomic E-state index is 13.1. The summed E-state index contributed by atoms with van der Waals surface area (Å²) in [6, 6.07) is 13.5. The van der Waals surface area contributed by atoms with Crippen molar-refractivity contribution in [3.05, 3.63) is 75.7 Å². The van der Waals surface area contributed by atoms with Crippen molar-refractivity contribution in [1.82, 2.24) is 25.9 Å². The first-order valence-electron chi connectivity index (χ1n) is 10.8. The Morgan fingerprint density at radius 1 is 1.03 bits per heavy atom. The Kier molecular flexibility index (Phi) is 6.21. The third kappa shape index (κ3) is 4.62. The van der Waals surface area contributed by atoms with E-state index in [2.05, 4.69) is 21.0 Å². The number of hydrogen-bond acceptors (Lipinski definition) is 5. The van der Waals surface area contributed by atoms with Crippen LogP contribution in [0.3, 0.4) is 0 Å². The first-order valence-corrected chi connectivity index (χ1v) is 10.8. The molecule has 1 atom stereocenters. The van der Waals surface area contributed by atoms with Gasteiger partial charge in [0.15, 0.2) is 5.69 Å². The summed E-state index contributed by atoms with van der Waals surface area (Å²) in [5, 5.41) is 6.82. The van der Waals surface area contributed by atoms with Gasteiger partial charge in [0.1, 0.15) is 6.04 Å². The molecule has 0 spiro atoms. The van der Waals surface area contributed by atoms with Crippen molar-refractivity contribution in [2.75, 3.05) is 0 Å². The molecule has 33 heavy (non-hydrogen) atoms. The fourth-order valence-corrected chi connectivity index (χ4v) is 4.03. The van der Waals surface area contributed by atoms with Crippen LogP contribution in [0.4, 0.5) is 0 Å². The molecule has 1 aromatic heterocycles. The van der Waals surface area contributed by atoms with Crippen LogP contribution in [0.5, 0.6) is 0 Å². The van der Waals surface area contributed by atoms with Crippen LogP contribution in [-0.4, -0.2) is 38.9 Å². The quantitative estimate of drug-likeness (QED) is 0.525. The van der Waals surface area contributed by atoms with Crippen LogP contribution in [0.25, 0.3) is 10.8 Å². The number of carbonyl (C=O) groups is 3. The highest BCUT2D eigenvalue weighted by Crippen LogP contribution is 2.25. The second kappa shape index (κ2) is 9.23. The molecule has 3 amide bonds. The van der Waals surface area contributed by atoms with E-state index < -0.39 is 23.4 Å². The lowest BCUT2D eigenvalue weighted by Gasteiger charge is -2.36. The van der Waals surface area contributed by atoms with Crippen molar-refractivity contribution in [3.63, 3.8) is 0 Å². The van der Waals surface area contributed by atoms with Gasteiger partial charge in [-0.25, -0.2) is 5.10 Å². The number of fused-ring (bicyclic) bond motifs is 2. The highest BCUT2D eigenvalue weighted by Gasteiger charge is 2.34. The van der Waals surface area contributed by atoms with Crippen LogP contribution in [0, 0.1) is 5.92 Å². The van der Waals surface area contributed by atoms with Gasteiger partial charge >= 0.3 is 0 Å². The average Bonchev–Trinajstić information content (AvgIpc) is 2.81. The van der Waals surface area contributed by atoms with Gasteiger partial charge in [0.25, 0.3) is 17.4 Å². The molecule has 1 aliphatic rings. The minimum Gasteiger partial charge on any atom is -0.326 e. The Morgan fingerprint density at radius 3 is 2.42 bits per heavy atom. The van der Waals surface area contributed by atoms with Crippen LogP contribution in [-0.2, 0) is 22.6 Å². The number of nitrogens with one attached hydrogen (secondary N) is 3. The smallest absolute Gasteiger partial charge is 0.290 e. The van der Waals surface area contributed by atoms with E-state index in [-0.39, 0.29) is 17.5 Å². The normalized spacial score (nSPS) is 15.2. The number of rotatable bonds is 4. The fourth-order valence-electron chi connectivity index (χ4n) is 4.03. The minimum absolute atomic E-state index is 0.0211. The second-order valence-corrected chi connectivity index (χ2v) is 8.50. The average molecular weight is 447 g/mol. The summed E-state index contributed by atoms with van der Waals surface area (Å²) in [5.41, 5.74) is 6.37. The van der Waals surface area contributed by atoms with E-state index in [9.17, 15) is 19.2 Å².